The van der Waals surface area contributed by atoms with Crippen molar-refractivity contribution >= 4 is 12.0 Å². The standard InChI is InChI=1S/C14H25N3O4/c1-2-21-13(18)10-15-14(19)17-5-3-4-12(11-17)16-6-8-20-9-7-16/h12H,2-11H2,1H3,(H,15,19). The maximum Gasteiger partial charge on any atom is 0.325 e. The lowest BCUT2D eigenvalue weighted by Crippen LogP contribution is -2.54. The Morgan fingerprint density at radius 2 is 2.05 bits per heavy atom. The molecule has 2 saturated heterocycles. The number of carbonyl (C=O) groups is 2. The van der Waals surface area contributed by atoms with E-state index in [9.17, 15) is 9.59 Å². The van der Waals surface area contributed by atoms with Gasteiger partial charge in [-0.1, -0.05) is 0 Å². The number of nitrogens with zero attached hydrogens (tertiary/aromatic N) is 2. The SMILES string of the molecule is CCOC(=O)CNC(=O)N1CCCC(N2CCOCC2)C1. The van der Waals surface area contributed by atoms with Gasteiger partial charge in [0.15, 0.2) is 0 Å². The Balaban J connectivity index is 1.77. The molecule has 7 heteroatoms. The number of hydrogen-bond donors (Lipinski definition) is 1. The van der Waals surface area contributed by atoms with E-state index in [0.29, 0.717) is 19.2 Å². The highest BCUT2D eigenvalue weighted by Gasteiger charge is 2.28. The number of amides is 2. The summed E-state index contributed by atoms with van der Waals surface area (Å²) in [5.41, 5.74) is 0. The van der Waals surface area contributed by atoms with Crippen molar-refractivity contribution < 1.29 is 19.1 Å². The van der Waals surface area contributed by atoms with Crippen LogP contribution in [-0.4, -0.2) is 80.4 Å². The Morgan fingerprint density at radius 3 is 2.76 bits per heavy atom. The molecule has 2 aliphatic rings. The minimum atomic E-state index is -0.396. The molecule has 0 spiro atoms. The molecule has 2 aliphatic heterocycles. The topological polar surface area (TPSA) is 71.1 Å². The summed E-state index contributed by atoms with van der Waals surface area (Å²) >= 11 is 0. The molecule has 0 aliphatic carbocycles. The number of ether oxygens (including phenoxy) is 2. The summed E-state index contributed by atoms with van der Waals surface area (Å²) in [6, 6.07) is 0.219. The van der Waals surface area contributed by atoms with Crippen molar-refractivity contribution in [2.75, 3.05) is 52.5 Å². The minimum absolute atomic E-state index is 0.0641. The van der Waals surface area contributed by atoms with Crippen LogP contribution in [0.1, 0.15) is 19.8 Å². The molecule has 2 rings (SSSR count). The van der Waals surface area contributed by atoms with Crippen molar-refractivity contribution in [2.45, 2.75) is 25.8 Å². The van der Waals surface area contributed by atoms with Crippen LogP contribution in [0.3, 0.4) is 0 Å². The van der Waals surface area contributed by atoms with E-state index >= 15 is 0 Å². The number of urea groups is 1. The van der Waals surface area contributed by atoms with Gasteiger partial charge in [0.25, 0.3) is 0 Å². The highest BCUT2D eigenvalue weighted by Crippen LogP contribution is 2.17. The highest BCUT2D eigenvalue weighted by molar-refractivity contribution is 5.80. The van der Waals surface area contributed by atoms with Gasteiger partial charge in [-0.05, 0) is 19.8 Å². The van der Waals surface area contributed by atoms with Crippen LogP contribution in [-0.2, 0) is 14.3 Å². The quantitative estimate of drug-likeness (QED) is 0.743. The maximum atomic E-state index is 12.1. The number of piperidine rings is 1. The van der Waals surface area contributed by atoms with Crippen LogP contribution in [0.4, 0.5) is 4.79 Å². The molecule has 21 heavy (non-hydrogen) atoms. The Hall–Kier alpha value is -1.34. The van der Waals surface area contributed by atoms with Gasteiger partial charge >= 0.3 is 12.0 Å². The van der Waals surface area contributed by atoms with Crippen LogP contribution in [0.15, 0.2) is 0 Å². The number of nitrogens with one attached hydrogen (secondary N) is 1. The van der Waals surface area contributed by atoms with Crippen LogP contribution in [0.2, 0.25) is 0 Å². The second-order valence-corrected chi connectivity index (χ2v) is 5.35. The van der Waals surface area contributed by atoms with Gasteiger partial charge in [-0.25, -0.2) is 4.79 Å². The molecule has 0 aromatic heterocycles. The van der Waals surface area contributed by atoms with Crippen molar-refractivity contribution in [3.8, 4) is 0 Å². The van der Waals surface area contributed by atoms with Crippen LogP contribution in [0.5, 0.6) is 0 Å². The van der Waals surface area contributed by atoms with E-state index in [4.69, 9.17) is 9.47 Å². The zero-order chi connectivity index (χ0) is 15.1. The third kappa shape index (κ3) is 4.86. The monoisotopic (exact) mass is 299 g/mol. The number of hydrogen-bond acceptors (Lipinski definition) is 5. The van der Waals surface area contributed by atoms with Crippen molar-refractivity contribution in [1.29, 1.82) is 0 Å². The van der Waals surface area contributed by atoms with E-state index in [1.54, 1.807) is 11.8 Å². The van der Waals surface area contributed by atoms with Gasteiger partial charge in [-0.15, -0.1) is 0 Å². The van der Waals surface area contributed by atoms with Crippen LogP contribution in [0.25, 0.3) is 0 Å². The molecular formula is C14H25N3O4. The van der Waals surface area contributed by atoms with Crippen molar-refractivity contribution in [2.24, 2.45) is 0 Å². The molecule has 2 fully saturated rings. The number of morpholine rings is 1. The number of likely N-dealkylation sites (tertiary alicyclic amines) is 1. The molecule has 1 atom stereocenters. The molecule has 2 heterocycles. The van der Waals surface area contributed by atoms with Crippen LogP contribution in [0, 0.1) is 0 Å². The molecule has 7 nitrogen and oxygen atoms in total. The number of esters is 1. The second-order valence-electron chi connectivity index (χ2n) is 5.35. The minimum Gasteiger partial charge on any atom is -0.465 e. The van der Waals surface area contributed by atoms with Crippen molar-refractivity contribution in [1.82, 2.24) is 15.1 Å². The van der Waals surface area contributed by atoms with E-state index < -0.39 is 5.97 Å². The fourth-order valence-corrected chi connectivity index (χ4v) is 2.85. The van der Waals surface area contributed by atoms with Crippen molar-refractivity contribution in [3.05, 3.63) is 0 Å². The van der Waals surface area contributed by atoms with Crippen LogP contribution < -0.4 is 5.32 Å². The molecule has 1 N–H and O–H groups in total. The lowest BCUT2D eigenvalue weighted by atomic mass is 10.0. The molecular weight excluding hydrogens is 274 g/mol. The summed E-state index contributed by atoms with van der Waals surface area (Å²) in [5, 5.41) is 2.63. The third-order valence-corrected chi connectivity index (χ3v) is 3.94. The van der Waals surface area contributed by atoms with Crippen LogP contribution >= 0.6 is 0 Å². The smallest absolute Gasteiger partial charge is 0.325 e. The average molecular weight is 299 g/mol. The summed E-state index contributed by atoms with van der Waals surface area (Å²) < 4.78 is 10.2. The van der Waals surface area contributed by atoms with Gasteiger partial charge < -0.3 is 19.7 Å². The summed E-state index contributed by atoms with van der Waals surface area (Å²) in [5.74, 6) is -0.396. The Kier molecular flexibility index (Phi) is 6.25. The summed E-state index contributed by atoms with van der Waals surface area (Å²) in [6.07, 6.45) is 2.11. The van der Waals surface area contributed by atoms with Gasteiger partial charge in [-0.3, -0.25) is 9.69 Å². The average Bonchev–Trinajstić information content (AvgIpc) is 2.54. The molecule has 0 saturated carbocycles. The predicted molar refractivity (Wildman–Crippen MR) is 77.0 cm³/mol. The third-order valence-electron chi connectivity index (χ3n) is 3.94. The highest BCUT2D eigenvalue weighted by atomic mass is 16.5. The van der Waals surface area contributed by atoms with Gasteiger partial charge in [-0.2, -0.15) is 0 Å². The van der Waals surface area contributed by atoms with E-state index in [2.05, 4.69) is 10.2 Å². The molecule has 0 radical (unpaired) electrons. The maximum absolute atomic E-state index is 12.1. The fourth-order valence-electron chi connectivity index (χ4n) is 2.85. The van der Waals surface area contributed by atoms with Gasteiger partial charge in [0.2, 0.25) is 0 Å². The Bertz CT molecular complexity index is 358. The summed E-state index contributed by atoms with van der Waals surface area (Å²) in [4.78, 5) is 27.6. The Labute approximate surface area is 125 Å². The molecule has 120 valence electrons. The van der Waals surface area contributed by atoms with Crippen molar-refractivity contribution in [3.63, 3.8) is 0 Å². The summed E-state index contributed by atoms with van der Waals surface area (Å²) in [7, 11) is 0. The molecule has 2 amide bonds. The molecule has 0 aromatic rings. The van der Waals surface area contributed by atoms with Gasteiger partial charge in [0.05, 0.1) is 19.8 Å². The van der Waals surface area contributed by atoms with E-state index in [0.717, 1.165) is 45.7 Å². The molecule has 0 bridgehead atoms. The second kappa shape index (κ2) is 8.19. The predicted octanol–water partition coefficient (Wildman–Crippen LogP) is 0.0557. The number of rotatable bonds is 4. The zero-order valence-electron chi connectivity index (χ0n) is 12.7. The lowest BCUT2D eigenvalue weighted by molar-refractivity contribution is -0.141. The van der Waals surface area contributed by atoms with E-state index in [1.807, 2.05) is 0 Å². The lowest BCUT2D eigenvalue weighted by Gasteiger charge is -2.40. The molecule has 0 aromatic carbocycles. The molecule has 1 unspecified atom stereocenters. The first-order valence-electron chi connectivity index (χ1n) is 7.71. The summed E-state index contributed by atoms with van der Waals surface area (Å²) in [6.45, 7) is 6.88. The largest absolute Gasteiger partial charge is 0.465 e. The van der Waals surface area contributed by atoms with E-state index in [-0.39, 0.29) is 12.6 Å². The normalized spacial score (nSPS) is 23.7. The first-order chi connectivity index (χ1) is 10.2. The van der Waals surface area contributed by atoms with Gasteiger partial charge in [0.1, 0.15) is 6.54 Å². The fraction of sp³-hybridized carbons (Fsp3) is 0.857. The van der Waals surface area contributed by atoms with Gasteiger partial charge in [0, 0.05) is 32.2 Å². The Morgan fingerprint density at radius 1 is 1.29 bits per heavy atom. The van der Waals surface area contributed by atoms with E-state index in [1.165, 1.54) is 0 Å². The number of carbonyl (C=O) groups excluding carboxylic acids is 2. The first kappa shape index (κ1) is 16.0. The zero-order valence-corrected chi connectivity index (χ0v) is 12.7. The first-order valence-corrected chi connectivity index (χ1v) is 7.71.